The molecule has 2 aromatic carbocycles. The summed E-state index contributed by atoms with van der Waals surface area (Å²) < 4.78 is 10.3. The molecule has 0 bridgehead atoms. The molecule has 0 spiro atoms. The number of carbonyl (C=O) groups is 2. The summed E-state index contributed by atoms with van der Waals surface area (Å²) in [4.78, 5) is 26.7. The molecule has 2 aromatic rings. The van der Waals surface area contributed by atoms with Crippen molar-refractivity contribution in [2.75, 3.05) is 13.2 Å². The van der Waals surface area contributed by atoms with Gasteiger partial charge in [-0.15, -0.1) is 0 Å². The van der Waals surface area contributed by atoms with E-state index in [1.54, 1.807) is 13.8 Å². The van der Waals surface area contributed by atoms with Crippen LogP contribution in [0.4, 0.5) is 0 Å². The van der Waals surface area contributed by atoms with E-state index in [4.69, 9.17) is 9.47 Å². The second kappa shape index (κ2) is 11.1. The fourth-order valence-corrected chi connectivity index (χ4v) is 2.89. The lowest BCUT2D eigenvalue weighted by molar-refractivity contribution is -0.156. The van der Waals surface area contributed by atoms with Gasteiger partial charge in [-0.25, -0.2) is 0 Å². The Morgan fingerprint density at radius 3 is 1.74 bits per heavy atom. The minimum Gasteiger partial charge on any atom is -0.466 e. The SMILES string of the molecule is CCOC(=O)C[C@H](C(=O)OCC)N(Cc1ccccc1)Cc1ccccc1. The van der Waals surface area contributed by atoms with Gasteiger partial charge in [-0.05, 0) is 25.0 Å². The molecule has 0 N–H and O–H groups in total. The zero-order chi connectivity index (χ0) is 19.5. The van der Waals surface area contributed by atoms with Crippen molar-refractivity contribution >= 4 is 11.9 Å². The first-order valence-corrected chi connectivity index (χ1v) is 9.28. The summed E-state index contributed by atoms with van der Waals surface area (Å²) in [5, 5.41) is 0. The van der Waals surface area contributed by atoms with Gasteiger partial charge in [-0.3, -0.25) is 14.5 Å². The molecular formula is C22H27NO4. The Morgan fingerprint density at radius 2 is 1.30 bits per heavy atom. The number of esters is 2. The predicted octanol–water partition coefficient (Wildman–Crippen LogP) is 3.57. The van der Waals surface area contributed by atoms with Crippen molar-refractivity contribution in [2.24, 2.45) is 0 Å². The molecule has 0 radical (unpaired) electrons. The first-order chi connectivity index (χ1) is 13.1. The van der Waals surface area contributed by atoms with Gasteiger partial charge in [0.05, 0.1) is 19.6 Å². The molecule has 0 saturated heterocycles. The van der Waals surface area contributed by atoms with Crippen LogP contribution in [-0.4, -0.2) is 36.1 Å². The molecule has 0 aromatic heterocycles. The fourth-order valence-electron chi connectivity index (χ4n) is 2.89. The van der Waals surface area contributed by atoms with Gasteiger partial charge in [-0.2, -0.15) is 0 Å². The van der Waals surface area contributed by atoms with E-state index < -0.39 is 18.0 Å². The summed E-state index contributed by atoms with van der Waals surface area (Å²) >= 11 is 0. The monoisotopic (exact) mass is 369 g/mol. The van der Waals surface area contributed by atoms with Gasteiger partial charge >= 0.3 is 11.9 Å². The highest BCUT2D eigenvalue weighted by Gasteiger charge is 2.30. The highest BCUT2D eigenvalue weighted by molar-refractivity contribution is 5.82. The molecule has 144 valence electrons. The van der Waals surface area contributed by atoms with Gasteiger partial charge in [0, 0.05) is 13.1 Å². The Morgan fingerprint density at radius 1 is 0.815 bits per heavy atom. The van der Waals surface area contributed by atoms with Crippen molar-refractivity contribution in [3.8, 4) is 0 Å². The lowest BCUT2D eigenvalue weighted by Gasteiger charge is -2.30. The molecule has 5 heteroatoms. The van der Waals surface area contributed by atoms with Gasteiger partial charge in [0.1, 0.15) is 6.04 Å². The molecule has 0 aliphatic heterocycles. The van der Waals surface area contributed by atoms with E-state index in [0.717, 1.165) is 11.1 Å². The molecule has 0 heterocycles. The molecule has 1 atom stereocenters. The van der Waals surface area contributed by atoms with Crippen LogP contribution in [0.15, 0.2) is 60.7 Å². The number of ether oxygens (including phenoxy) is 2. The van der Waals surface area contributed by atoms with Crippen LogP contribution in [0, 0.1) is 0 Å². The number of hydrogen-bond acceptors (Lipinski definition) is 5. The lowest BCUT2D eigenvalue weighted by Crippen LogP contribution is -2.43. The van der Waals surface area contributed by atoms with Gasteiger partial charge in [0.25, 0.3) is 0 Å². The Bertz CT molecular complexity index is 661. The van der Waals surface area contributed by atoms with Crippen molar-refractivity contribution in [2.45, 2.75) is 39.4 Å². The highest BCUT2D eigenvalue weighted by Crippen LogP contribution is 2.17. The summed E-state index contributed by atoms with van der Waals surface area (Å²) in [7, 11) is 0. The molecule has 0 aliphatic carbocycles. The van der Waals surface area contributed by atoms with Crippen LogP contribution in [-0.2, 0) is 32.2 Å². The summed E-state index contributed by atoms with van der Waals surface area (Å²) in [6, 6.07) is 19.1. The summed E-state index contributed by atoms with van der Waals surface area (Å²) in [6.07, 6.45) is -0.0354. The number of rotatable bonds is 10. The molecule has 0 aliphatic rings. The minimum absolute atomic E-state index is 0.0354. The molecule has 5 nitrogen and oxygen atoms in total. The van der Waals surface area contributed by atoms with E-state index in [1.807, 2.05) is 65.6 Å². The van der Waals surface area contributed by atoms with Crippen LogP contribution in [0.2, 0.25) is 0 Å². The van der Waals surface area contributed by atoms with Gasteiger partial charge in [0.2, 0.25) is 0 Å². The van der Waals surface area contributed by atoms with Crippen LogP contribution in [0.1, 0.15) is 31.4 Å². The average molecular weight is 369 g/mol. The molecule has 0 unspecified atom stereocenters. The topological polar surface area (TPSA) is 55.8 Å². The third-order valence-electron chi connectivity index (χ3n) is 4.12. The van der Waals surface area contributed by atoms with Crippen molar-refractivity contribution in [1.82, 2.24) is 4.90 Å². The number of carbonyl (C=O) groups excluding carboxylic acids is 2. The van der Waals surface area contributed by atoms with Crippen molar-refractivity contribution in [3.63, 3.8) is 0 Å². The van der Waals surface area contributed by atoms with E-state index in [0.29, 0.717) is 13.1 Å². The fraction of sp³-hybridized carbons (Fsp3) is 0.364. The largest absolute Gasteiger partial charge is 0.466 e. The second-order valence-electron chi connectivity index (χ2n) is 6.15. The van der Waals surface area contributed by atoms with Crippen molar-refractivity contribution < 1.29 is 19.1 Å². The number of nitrogens with zero attached hydrogens (tertiary/aromatic N) is 1. The normalized spacial score (nSPS) is 11.8. The smallest absolute Gasteiger partial charge is 0.323 e. The molecule has 2 rings (SSSR count). The molecule has 0 saturated carbocycles. The molecule has 0 fully saturated rings. The van der Waals surface area contributed by atoms with Crippen LogP contribution in [0.25, 0.3) is 0 Å². The van der Waals surface area contributed by atoms with Crippen LogP contribution >= 0.6 is 0 Å². The van der Waals surface area contributed by atoms with Gasteiger partial charge < -0.3 is 9.47 Å². The van der Waals surface area contributed by atoms with Crippen LogP contribution < -0.4 is 0 Å². The highest BCUT2D eigenvalue weighted by atomic mass is 16.5. The number of benzene rings is 2. The van der Waals surface area contributed by atoms with Gasteiger partial charge in [-0.1, -0.05) is 60.7 Å². The van der Waals surface area contributed by atoms with E-state index in [9.17, 15) is 9.59 Å². The molecular weight excluding hydrogens is 342 g/mol. The van der Waals surface area contributed by atoms with Crippen molar-refractivity contribution in [1.29, 1.82) is 0 Å². The Kier molecular flexibility index (Phi) is 8.52. The zero-order valence-electron chi connectivity index (χ0n) is 16.0. The van der Waals surface area contributed by atoms with Crippen LogP contribution in [0.3, 0.4) is 0 Å². The van der Waals surface area contributed by atoms with Crippen molar-refractivity contribution in [3.05, 3.63) is 71.8 Å². The average Bonchev–Trinajstić information content (AvgIpc) is 2.68. The van der Waals surface area contributed by atoms with E-state index in [2.05, 4.69) is 0 Å². The predicted molar refractivity (Wildman–Crippen MR) is 104 cm³/mol. The first kappa shape index (κ1) is 20.6. The van der Waals surface area contributed by atoms with E-state index >= 15 is 0 Å². The van der Waals surface area contributed by atoms with Crippen LogP contribution in [0.5, 0.6) is 0 Å². The van der Waals surface area contributed by atoms with Gasteiger partial charge in [0.15, 0.2) is 0 Å². The summed E-state index contributed by atoms with van der Waals surface area (Å²) in [5.74, 6) is -0.806. The van der Waals surface area contributed by atoms with E-state index in [1.165, 1.54) is 0 Å². The third kappa shape index (κ3) is 6.87. The first-order valence-electron chi connectivity index (χ1n) is 9.28. The summed E-state index contributed by atoms with van der Waals surface area (Å²) in [5.41, 5.74) is 2.12. The lowest BCUT2D eigenvalue weighted by atomic mass is 10.1. The number of hydrogen-bond donors (Lipinski definition) is 0. The zero-order valence-corrected chi connectivity index (χ0v) is 16.0. The summed E-state index contributed by atoms with van der Waals surface area (Å²) in [6.45, 7) is 5.12. The maximum atomic E-state index is 12.6. The Balaban J connectivity index is 2.28. The quantitative estimate of drug-likeness (QED) is 0.599. The third-order valence-corrected chi connectivity index (χ3v) is 4.12. The Labute approximate surface area is 160 Å². The maximum absolute atomic E-state index is 12.6. The minimum atomic E-state index is -0.704. The Hall–Kier alpha value is -2.66. The maximum Gasteiger partial charge on any atom is 0.323 e. The standard InChI is InChI=1S/C22H27NO4/c1-3-26-21(24)15-20(22(25)27-4-2)23(16-18-11-7-5-8-12-18)17-19-13-9-6-10-14-19/h5-14,20H,3-4,15-17H2,1-2H3/t20-/m1/s1. The molecule has 27 heavy (non-hydrogen) atoms. The van der Waals surface area contributed by atoms with E-state index in [-0.39, 0.29) is 19.6 Å². The second-order valence-corrected chi connectivity index (χ2v) is 6.15. The molecule has 0 amide bonds.